The number of hydrogen-bond donors (Lipinski definition) is 0. The summed E-state index contributed by atoms with van der Waals surface area (Å²) in [5, 5.41) is 18.3. The number of furan rings is 2. The molecule has 8 aromatic heterocycles. The minimum atomic E-state index is 0.526. The molecule has 14 aromatic carbocycles. The van der Waals surface area contributed by atoms with E-state index in [1.54, 1.807) is 6.08 Å². The van der Waals surface area contributed by atoms with Gasteiger partial charge in [-0.1, -0.05) is 219 Å². The van der Waals surface area contributed by atoms with Crippen molar-refractivity contribution in [2.24, 2.45) is 0 Å². The van der Waals surface area contributed by atoms with Crippen LogP contribution in [0.25, 0.3) is 224 Å². The Morgan fingerprint density at radius 3 is 1.57 bits per heavy atom. The Kier molecular flexibility index (Phi) is 12.4. The lowest BCUT2D eigenvalue weighted by atomic mass is 9.97. The average Bonchev–Trinajstić information content (AvgIpc) is 1.56. The molecule has 22 aromatic rings. The summed E-state index contributed by atoms with van der Waals surface area (Å²) in [5.41, 5.74) is 15.2. The van der Waals surface area contributed by atoms with E-state index in [2.05, 4.69) is 241 Å². The Bertz CT molecular complexity index is 7480. The van der Waals surface area contributed by atoms with Crippen molar-refractivity contribution in [1.82, 2.24) is 39.0 Å². The van der Waals surface area contributed by atoms with Gasteiger partial charge in [0, 0.05) is 106 Å². The van der Waals surface area contributed by atoms with Gasteiger partial charge in [0.05, 0.1) is 22.1 Å². The Hall–Kier alpha value is -13.3. The van der Waals surface area contributed by atoms with Gasteiger partial charge in [-0.15, -0.1) is 22.7 Å². The molecule has 0 atom stereocenters. The van der Waals surface area contributed by atoms with E-state index < -0.39 is 0 Å². The van der Waals surface area contributed by atoms with Gasteiger partial charge in [-0.3, -0.25) is 9.13 Å². The highest BCUT2D eigenvalue weighted by molar-refractivity contribution is 7.27. The van der Waals surface area contributed by atoms with Crippen molar-refractivity contribution in [3.05, 3.63) is 297 Å². The summed E-state index contributed by atoms with van der Waals surface area (Å²) in [6.45, 7) is 6.04. The molecule has 0 aliphatic rings. The first-order valence-corrected chi connectivity index (χ1v) is 36.0. The number of fused-ring (bicyclic) bond motifs is 24. The van der Waals surface area contributed by atoms with Crippen LogP contribution in [0.3, 0.4) is 0 Å². The molecule has 0 spiro atoms. The van der Waals surface area contributed by atoms with Gasteiger partial charge >= 0.3 is 0 Å². The molecule has 0 aliphatic carbocycles. The van der Waals surface area contributed by atoms with E-state index in [0.29, 0.717) is 35.2 Å². The lowest BCUT2D eigenvalue weighted by Gasteiger charge is -2.11. The lowest BCUT2D eigenvalue weighted by molar-refractivity contribution is 0.668. The number of nitrogens with zero attached hydrogens (tertiary/aromatic N) is 8. The topological polar surface area (TPSA) is 113 Å². The van der Waals surface area contributed by atoms with Crippen LogP contribution in [0, 0.1) is 6.92 Å². The standard InChI is InChI=1S/C91H52N8O2S2/c1-3-4-23-58-50(2)31-45-73-78(58)67-38-33-56(48-75(67)100-73)88-92-86(52-19-7-5-8-20-52)94-90(96-88)98-69-29-15-13-26-66(69)81-71(98)43-41-65-63-28-17-27-61(83(63)103-84(65)81)55-32-37-60-54(47-55)36-46-74-79(60)68-39-34-57(49-76(68)101-74)89-93-87(53-21-9-6-10-22-53)95-91(97-89)99-70-42-35-51-18-11-12-24-59(51)80(70)82-72(99)44-40-64-62-25-14-16-30-77(62)102-85(64)82/h3-49H,1H2,2H3/b23-4-. The molecule has 0 radical (unpaired) electrons. The highest BCUT2D eigenvalue weighted by Crippen LogP contribution is 2.49. The van der Waals surface area contributed by atoms with Crippen LogP contribution in [0.5, 0.6) is 0 Å². The van der Waals surface area contributed by atoms with Gasteiger partial charge in [0.15, 0.2) is 23.3 Å². The van der Waals surface area contributed by atoms with Crippen molar-refractivity contribution in [2.45, 2.75) is 6.92 Å². The fraction of sp³-hybridized carbons (Fsp3) is 0.0110. The van der Waals surface area contributed by atoms with Gasteiger partial charge in [-0.05, 0) is 124 Å². The summed E-state index contributed by atoms with van der Waals surface area (Å²) in [6, 6.07) is 94.5. The number of thiophene rings is 2. The highest BCUT2D eigenvalue weighted by atomic mass is 32.1. The van der Waals surface area contributed by atoms with E-state index in [-0.39, 0.29) is 0 Å². The summed E-state index contributed by atoms with van der Waals surface area (Å²) < 4.78 is 22.8. The number of aryl methyl sites for hydroxylation is 1. The second kappa shape index (κ2) is 22.1. The second-order valence-electron chi connectivity index (χ2n) is 26.5. The molecular weight excluding hydrogens is 1300 g/mol. The molecule has 10 nitrogen and oxygen atoms in total. The molecule has 0 saturated carbocycles. The highest BCUT2D eigenvalue weighted by Gasteiger charge is 2.26. The van der Waals surface area contributed by atoms with E-state index in [1.165, 1.54) is 67.5 Å². The predicted octanol–water partition coefficient (Wildman–Crippen LogP) is 24.9. The molecule has 480 valence electrons. The normalized spacial score (nSPS) is 12.3. The zero-order chi connectivity index (χ0) is 67.7. The largest absolute Gasteiger partial charge is 0.456 e. The molecule has 22 rings (SSSR count). The molecule has 0 fully saturated rings. The van der Waals surface area contributed by atoms with Crippen molar-refractivity contribution >= 4 is 178 Å². The molecular formula is C91H52N8O2S2. The number of rotatable bonds is 9. The maximum atomic E-state index is 6.86. The van der Waals surface area contributed by atoms with Crippen LogP contribution in [0.4, 0.5) is 0 Å². The second-order valence-corrected chi connectivity index (χ2v) is 28.6. The number of para-hydroxylation sites is 1. The minimum Gasteiger partial charge on any atom is -0.456 e. The fourth-order valence-corrected chi connectivity index (χ4v) is 18.7. The molecule has 0 bridgehead atoms. The molecule has 0 aliphatic heterocycles. The van der Waals surface area contributed by atoms with Gasteiger partial charge in [0.25, 0.3) is 0 Å². The van der Waals surface area contributed by atoms with Crippen LogP contribution < -0.4 is 0 Å². The quantitative estimate of drug-likeness (QED) is 0.131. The smallest absolute Gasteiger partial charge is 0.238 e. The summed E-state index contributed by atoms with van der Waals surface area (Å²) in [5.74, 6) is 3.32. The summed E-state index contributed by atoms with van der Waals surface area (Å²) >= 11 is 3.68. The zero-order valence-electron chi connectivity index (χ0n) is 55.1. The van der Waals surface area contributed by atoms with Crippen LogP contribution in [0.1, 0.15) is 11.1 Å². The SMILES string of the molecule is C=C/C=C\c1c(C)ccc2oc3cc(-c4nc(-c5ccccc5)nc(-n5c6ccccc6c6c7sc8c(-c9ccc%10c(ccc%11oc%12cc(-c%13nc(-c%14ccccc%14)nc(-n%14c%15ccc%16ccccc%16c%15c%15c%16sc%17ccccc%17c%16ccc%15%14)n%13)ccc%12c%11%10)c9)cccc8c7ccc65)n4)ccc3c12. The van der Waals surface area contributed by atoms with Crippen molar-refractivity contribution < 1.29 is 8.83 Å². The first-order valence-electron chi connectivity index (χ1n) is 34.3. The van der Waals surface area contributed by atoms with Crippen molar-refractivity contribution in [3.8, 4) is 68.6 Å². The van der Waals surface area contributed by atoms with Crippen molar-refractivity contribution in [1.29, 1.82) is 0 Å². The van der Waals surface area contributed by atoms with Gasteiger partial charge in [-0.25, -0.2) is 9.97 Å². The van der Waals surface area contributed by atoms with Crippen molar-refractivity contribution in [2.75, 3.05) is 0 Å². The third-order valence-corrected chi connectivity index (χ3v) is 23.2. The predicted molar refractivity (Wildman–Crippen MR) is 428 cm³/mol. The minimum absolute atomic E-state index is 0.526. The molecule has 12 heteroatoms. The van der Waals surface area contributed by atoms with Crippen LogP contribution in [-0.4, -0.2) is 39.0 Å². The third-order valence-electron chi connectivity index (χ3n) is 20.8. The Labute approximate surface area is 594 Å². The Balaban J connectivity index is 0.656. The summed E-state index contributed by atoms with van der Waals surface area (Å²) in [7, 11) is 0. The van der Waals surface area contributed by atoms with Crippen molar-refractivity contribution in [3.63, 3.8) is 0 Å². The van der Waals surface area contributed by atoms with Crippen LogP contribution >= 0.6 is 22.7 Å². The first-order chi connectivity index (χ1) is 50.9. The Morgan fingerprint density at radius 1 is 0.330 bits per heavy atom. The number of aromatic nitrogens is 8. The zero-order valence-corrected chi connectivity index (χ0v) is 56.7. The summed E-state index contributed by atoms with van der Waals surface area (Å²) in [6.07, 6.45) is 5.87. The molecule has 0 unspecified atom stereocenters. The number of benzene rings is 14. The third kappa shape index (κ3) is 8.66. The van der Waals surface area contributed by atoms with E-state index in [4.69, 9.17) is 38.7 Å². The van der Waals surface area contributed by atoms with Gasteiger partial charge in [-0.2, -0.15) is 19.9 Å². The molecule has 0 N–H and O–H groups in total. The van der Waals surface area contributed by atoms with E-state index >= 15 is 0 Å². The summed E-state index contributed by atoms with van der Waals surface area (Å²) in [4.78, 5) is 31.9. The van der Waals surface area contributed by atoms with Gasteiger partial charge in [0.2, 0.25) is 11.9 Å². The van der Waals surface area contributed by atoms with Gasteiger partial charge in [0.1, 0.15) is 22.3 Å². The first kappa shape index (κ1) is 57.6. The fourth-order valence-electron chi connectivity index (χ4n) is 16.1. The van der Waals surface area contributed by atoms with Crippen LogP contribution in [0.15, 0.2) is 294 Å². The Morgan fingerprint density at radius 2 is 0.845 bits per heavy atom. The maximum absolute atomic E-state index is 6.86. The van der Waals surface area contributed by atoms with E-state index in [9.17, 15) is 0 Å². The molecule has 0 saturated heterocycles. The van der Waals surface area contributed by atoms with Crippen LogP contribution in [0.2, 0.25) is 0 Å². The molecule has 103 heavy (non-hydrogen) atoms. The molecule has 8 heterocycles. The number of hydrogen-bond acceptors (Lipinski definition) is 10. The lowest BCUT2D eigenvalue weighted by Crippen LogP contribution is -2.06. The number of allylic oxidation sites excluding steroid dienone is 2. The van der Waals surface area contributed by atoms with Gasteiger partial charge < -0.3 is 8.83 Å². The van der Waals surface area contributed by atoms with E-state index in [0.717, 1.165) is 126 Å². The average molecular weight is 1350 g/mol. The van der Waals surface area contributed by atoms with Crippen LogP contribution in [-0.2, 0) is 0 Å². The molecule has 0 amide bonds. The van der Waals surface area contributed by atoms with E-state index in [1.807, 2.05) is 83.3 Å². The maximum Gasteiger partial charge on any atom is 0.238 e. The monoisotopic (exact) mass is 1350 g/mol.